The van der Waals surface area contributed by atoms with Crippen molar-refractivity contribution in [1.29, 1.82) is 5.26 Å². The van der Waals surface area contributed by atoms with Crippen LogP contribution in [0, 0.1) is 11.3 Å². The fourth-order valence-corrected chi connectivity index (χ4v) is 2.71. The number of imidazole rings is 1. The summed E-state index contributed by atoms with van der Waals surface area (Å²) in [4.78, 5) is 14.4. The first kappa shape index (κ1) is 18.5. The molecule has 0 amide bonds. The molecule has 3 rings (SSSR count). The Morgan fingerprint density at radius 2 is 2.11 bits per heavy atom. The molecule has 3 aromatic rings. The van der Waals surface area contributed by atoms with E-state index in [1.807, 2.05) is 41.2 Å². The smallest absolute Gasteiger partial charge is 0.270 e. The Bertz CT molecular complexity index is 967. The fraction of sp³-hybridized carbons (Fsp3) is 0.300. The van der Waals surface area contributed by atoms with Gasteiger partial charge in [0.2, 0.25) is 5.52 Å². The molecule has 2 heterocycles. The van der Waals surface area contributed by atoms with Crippen molar-refractivity contribution >= 4 is 17.0 Å². The van der Waals surface area contributed by atoms with Gasteiger partial charge in [0.05, 0.1) is 32.2 Å². The van der Waals surface area contributed by atoms with Gasteiger partial charge in [-0.2, -0.15) is 10.2 Å². The van der Waals surface area contributed by atoms with Crippen molar-refractivity contribution < 1.29 is 9.40 Å². The number of fused-ring (bicyclic) bond motifs is 1. The number of nitrogens with zero attached hydrogens (tertiary/aromatic N) is 5. The van der Waals surface area contributed by atoms with Crippen LogP contribution in [0.4, 0.5) is 5.82 Å². The lowest BCUT2D eigenvalue weighted by Gasteiger charge is -2.06. The van der Waals surface area contributed by atoms with Crippen LogP contribution in [0.3, 0.4) is 0 Å². The summed E-state index contributed by atoms with van der Waals surface area (Å²) in [6.07, 6.45) is 6.03. The van der Waals surface area contributed by atoms with Gasteiger partial charge >= 0.3 is 5.65 Å². The third-order valence-electron chi connectivity index (χ3n) is 4.05. The van der Waals surface area contributed by atoms with E-state index in [4.69, 9.17) is 10.1 Å². The van der Waals surface area contributed by atoms with Crippen LogP contribution in [0.1, 0.15) is 25.8 Å². The summed E-state index contributed by atoms with van der Waals surface area (Å²) in [5, 5.41) is 8.92. The number of allylic oxidation sites excluding steroid dienone is 2. The lowest BCUT2D eigenvalue weighted by Crippen LogP contribution is -2.32. The van der Waals surface area contributed by atoms with E-state index in [9.17, 15) is 0 Å². The average molecular weight is 363 g/mol. The van der Waals surface area contributed by atoms with Crippen molar-refractivity contribution in [1.82, 2.24) is 14.5 Å². The molecule has 0 aliphatic rings. The number of rotatable bonds is 8. The molecule has 0 saturated heterocycles. The van der Waals surface area contributed by atoms with Gasteiger partial charge in [0.25, 0.3) is 0 Å². The molecule has 7 nitrogen and oxygen atoms in total. The average Bonchev–Trinajstić information content (AvgIpc) is 3.04. The minimum Gasteiger partial charge on any atom is -0.270 e. The van der Waals surface area contributed by atoms with E-state index in [1.54, 1.807) is 0 Å². The maximum atomic E-state index is 8.92. The Kier molecular flexibility index (Phi) is 6.13. The molecule has 7 heteroatoms. The number of hydrogen-bond donors (Lipinski definition) is 1. The van der Waals surface area contributed by atoms with Crippen LogP contribution in [0.5, 0.6) is 0 Å². The fourth-order valence-electron chi connectivity index (χ4n) is 2.71. The summed E-state index contributed by atoms with van der Waals surface area (Å²) in [6, 6.07) is 12.1. The molecule has 0 fully saturated rings. The van der Waals surface area contributed by atoms with Gasteiger partial charge in [-0.25, -0.2) is 10.0 Å². The van der Waals surface area contributed by atoms with Gasteiger partial charge in [0.15, 0.2) is 18.5 Å². The Hall–Kier alpha value is -3.24. The second-order valence-electron chi connectivity index (χ2n) is 6.42. The first-order chi connectivity index (χ1) is 13.2. The highest BCUT2D eigenvalue weighted by molar-refractivity contribution is 5.80. The Labute approximate surface area is 158 Å². The van der Waals surface area contributed by atoms with E-state index in [2.05, 4.69) is 46.0 Å². The SMILES string of the molecule is CC(C)=CCn1c[n+](CCC#N)c2ncnc(NOCc3ccccc3)c21. The van der Waals surface area contributed by atoms with Crippen molar-refractivity contribution in [2.75, 3.05) is 5.48 Å². The third-order valence-corrected chi connectivity index (χ3v) is 4.05. The van der Waals surface area contributed by atoms with E-state index >= 15 is 0 Å². The highest BCUT2D eigenvalue weighted by Crippen LogP contribution is 2.18. The summed E-state index contributed by atoms with van der Waals surface area (Å²) < 4.78 is 4.04. The maximum absolute atomic E-state index is 8.92. The van der Waals surface area contributed by atoms with Crippen LogP contribution in [-0.4, -0.2) is 14.5 Å². The van der Waals surface area contributed by atoms with E-state index < -0.39 is 0 Å². The molecule has 27 heavy (non-hydrogen) atoms. The molecule has 1 N–H and O–H groups in total. The monoisotopic (exact) mass is 363 g/mol. The topological polar surface area (TPSA) is 79.6 Å². The zero-order chi connectivity index (χ0) is 19.1. The van der Waals surface area contributed by atoms with Crippen molar-refractivity contribution in [3.63, 3.8) is 0 Å². The molecular formula is C20H23N6O+. The van der Waals surface area contributed by atoms with Crippen LogP contribution in [-0.2, 0) is 24.5 Å². The first-order valence-electron chi connectivity index (χ1n) is 8.84. The summed E-state index contributed by atoms with van der Waals surface area (Å²) in [5.74, 6) is 0.605. The highest BCUT2D eigenvalue weighted by atomic mass is 16.6. The van der Waals surface area contributed by atoms with Crippen LogP contribution < -0.4 is 10.0 Å². The first-order valence-corrected chi connectivity index (χ1v) is 8.84. The molecule has 0 saturated carbocycles. The van der Waals surface area contributed by atoms with Gasteiger partial charge in [-0.3, -0.25) is 9.40 Å². The van der Waals surface area contributed by atoms with E-state index in [-0.39, 0.29) is 0 Å². The molecule has 0 unspecified atom stereocenters. The number of anilines is 1. The van der Waals surface area contributed by atoms with Crippen molar-refractivity contribution in [2.45, 2.75) is 40.0 Å². The standard InChI is InChI=1S/C20H23N6O/c1-16(2)9-12-25-15-26(11-6-10-21)20-18(25)19(22-14-23-20)24-27-13-17-7-4-3-5-8-17/h3-5,7-9,14-15H,6,11-13H2,1-2H3,(H,22,23,24)/q+1. The number of aromatic nitrogens is 4. The Balaban J connectivity index is 1.88. The second kappa shape index (κ2) is 8.92. The van der Waals surface area contributed by atoms with Gasteiger partial charge in [-0.05, 0) is 19.4 Å². The molecular weight excluding hydrogens is 340 g/mol. The number of aryl methyl sites for hydroxylation is 1. The molecule has 2 aromatic heterocycles. The number of hydrogen-bond acceptors (Lipinski definition) is 5. The normalized spacial score (nSPS) is 10.6. The van der Waals surface area contributed by atoms with E-state index in [0.717, 1.165) is 16.7 Å². The van der Waals surface area contributed by atoms with Crippen molar-refractivity contribution in [2.24, 2.45) is 0 Å². The van der Waals surface area contributed by atoms with Crippen LogP contribution >= 0.6 is 0 Å². The summed E-state index contributed by atoms with van der Waals surface area (Å²) in [7, 11) is 0. The summed E-state index contributed by atoms with van der Waals surface area (Å²) in [5.41, 5.74) is 6.88. The maximum Gasteiger partial charge on any atom is 0.307 e. The summed E-state index contributed by atoms with van der Waals surface area (Å²) in [6.45, 7) is 5.83. The Morgan fingerprint density at radius 3 is 2.85 bits per heavy atom. The second-order valence-corrected chi connectivity index (χ2v) is 6.42. The lowest BCUT2D eigenvalue weighted by atomic mass is 10.2. The van der Waals surface area contributed by atoms with Crippen molar-refractivity contribution in [3.05, 3.63) is 60.2 Å². The van der Waals surface area contributed by atoms with Crippen LogP contribution in [0.15, 0.2) is 54.6 Å². The molecule has 0 atom stereocenters. The summed E-state index contributed by atoms with van der Waals surface area (Å²) >= 11 is 0. The minimum atomic E-state index is 0.420. The zero-order valence-corrected chi connectivity index (χ0v) is 15.6. The predicted molar refractivity (Wildman–Crippen MR) is 102 cm³/mol. The van der Waals surface area contributed by atoms with Gasteiger partial charge in [0, 0.05) is 0 Å². The number of nitrogens with one attached hydrogen (secondary N) is 1. The molecule has 0 bridgehead atoms. The Morgan fingerprint density at radius 1 is 1.30 bits per heavy atom. The van der Waals surface area contributed by atoms with Crippen LogP contribution in [0.2, 0.25) is 0 Å². The van der Waals surface area contributed by atoms with Crippen molar-refractivity contribution in [3.8, 4) is 6.07 Å². The molecule has 0 aliphatic heterocycles. The van der Waals surface area contributed by atoms with Gasteiger partial charge in [-0.15, -0.1) is 0 Å². The third kappa shape index (κ3) is 4.68. The van der Waals surface area contributed by atoms with E-state index in [1.165, 1.54) is 11.9 Å². The number of benzene rings is 1. The minimum absolute atomic E-state index is 0.420. The number of nitriles is 1. The largest absolute Gasteiger partial charge is 0.307 e. The van der Waals surface area contributed by atoms with Gasteiger partial charge in [-0.1, -0.05) is 47.0 Å². The molecule has 0 spiro atoms. The molecule has 1 aromatic carbocycles. The van der Waals surface area contributed by atoms with Crippen LogP contribution in [0.25, 0.3) is 11.2 Å². The quantitative estimate of drug-likeness (QED) is 0.378. The zero-order valence-electron chi connectivity index (χ0n) is 15.6. The lowest BCUT2D eigenvalue weighted by molar-refractivity contribution is -0.672. The van der Waals surface area contributed by atoms with Gasteiger partial charge < -0.3 is 0 Å². The predicted octanol–water partition coefficient (Wildman–Crippen LogP) is 3.14. The molecule has 138 valence electrons. The highest BCUT2D eigenvalue weighted by Gasteiger charge is 2.21. The molecule has 0 radical (unpaired) electrons. The molecule has 0 aliphatic carbocycles. The van der Waals surface area contributed by atoms with Gasteiger partial charge in [0.1, 0.15) is 0 Å². The van der Waals surface area contributed by atoms with E-state index in [0.29, 0.717) is 31.9 Å².